The standard InChI is InChI=1S/C18H20N6O3/c1-2-16-19-18(27-21-16)15-11-24(22-20-15)13-8-9-23(10-13)17(25)12-26-14-6-4-3-5-7-14/h3-7,11,13H,2,8-10,12H2,1H3. The molecule has 0 aliphatic carbocycles. The third-order valence-corrected chi connectivity index (χ3v) is 4.51. The Balaban J connectivity index is 1.34. The third-order valence-electron chi connectivity index (χ3n) is 4.51. The number of ether oxygens (including phenoxy) is 1. The minimum Gasteiger partial charge on any atom is -0.484 e. The fraction of sp³-hybridized carbons (Fsp3) is 0.389. The molecule has 1 fully saturated rings. The Morgan fingerprint density at radius 1 is 1.33 bits per heavy atom. The number of benzene rings is 1. The Labute approximate surface area is 155 Å². The molecule has 4 rings (SSSR count). The Morgan fingerprint density at radius 3 is 2.96 bits per heavy atom. The largest absolute Gasteiger partial charge is 0.484 e. The van der Waals surface area contributed by atoms with Gasteiger partial charge in [-0.05, 0) is 18.6 Å². The van der Waals surface area contributed by atoms with Crippen LogP contribution in [0, 0.1) is 0 Å². The number of nitrogens with zero attached hydrogens (tertiary/aromatic N) is 6. The summed E-state index contributed by atoms with van der Waals surface area (Å²) in [5, 5.41) is 12.1. The van der Waals surface area contributed by atoms with Crippen LogP contribution in [0.5, 0.6) is 5.75 Å². The van der Waals surface area contributed by atoms with Gasteiger partial charge in [0.15, 0.2) is 18.1 Å². The summed E-state index contributed by atoms with van der Waals surface area (Å²) in [5.41, 5.74) is 0.541. The fourth-order valence-corrected chi connectivity index (χ4v) is 2.99. The van der Waals surface area contributed by atoms with Gasteiger partial charge in [0.25, 0.3) is 11.8 Å². The summed E-state index contributed by atoms with van der Waals surface area (Å²) in [6, 6.07) is 9.39. The lowest BCUT2D eigenvalue weighted by Crippen LogP contribution is -2.33. The second kappa shape index (κ2) is 7.56. The first kappa shape index (κ1) is 17.2. The van der Waals surface area contributed by atoms with E-state index in [0.29, 0.717) is 42.7 Å². The van der Waals surface area contributed by atoms with Crippen molar-refractivity contribution in [3.63, 3.8) is 0 Å². The highest BCUT2D eigenvalue weighted by atomic mass is 16.5. The zero-order chi connectivity index (χ0) is 18.6. The molecule has 1 aliphatic rings. The molecule has 0 N–H and O–H groups in total. The second-order valence-electron chi connectivity index (χ2n) is 6.34. The number of hydrogen-bond donors (Lipinski definition) is 0. The van der Waals surface area contributed by atoms with Crippen molar-refractivity contribution in [2.24, 2.45) is 0 Å². The van der Waals surface area contributed by atoms with Crippen LogP contribution in [-0.2, 0) is 11.2 Å². The van der Waals surface area contributed by atoms with Gasteiger partial charge in [-0.2, -0.15) is 4.98 Å². The van der Waals surface area contributed by atoms with Gasteiger partial charge in [-0.3, -0.25) is 4.79 Å². The van der Waals surface area contributed by atoms with E-state index in [4.69, 9.17) is 9.26 Å². The average Bonchev–Trinajstić information content (AvgIpc) is 3.46. The quantitative estimate of drug-likeness (QED) is 0.653. The lowest BCUT2D eigenvalue weighted by atomic mass is 10.3. The maximum Gasteiger partial charge on any atom is 0.280 e. The molecule has 9 heteroatoms. The van der Waals surface area contributed by atoms with E-state index in [-0.39, 0.29) is 18.6 Å². The van der Waals surface area contributed by atoms with Gasteiger partial charge in [0.2, 0.25) is 0 Å². The van der Waals surface area contributed by atoms with Crippen LogP contribution in [0.2, 0.25) is 0 Å². The number of carbonyl (C=O) groups excluding carboxylic acids is 1. The highest BCUT2D eigenvalue weighted by Crippen LogP contribution is 2.23. The SMILES string of the molecule is CCc1noc(-c2cn(C3CCN(C(=O)COc4ccccc4)C3)nn2)n1. The number of likely N-dealkylation sites (tertiary alicyclic amines) is 1. The minimum atomic E-state index is -0.0359. The summed E-state index contributed by atoms with van der Waals surface area (Å²) in [6.07, 6.45) is 3.29. The molecule has 1 aliphatic heterocycles. The molecule has 1 aromatic carbocycles. The number of para-hydroxylation sites is 1. The van der Waals surface area contributed by atoms with E-state index in [1.807, 2.05) is 37.3 Å². The van der Waals surface area contributed by atoms with Crippen LogP contribution in [0.4, 0.5) is 0 Å². The second-order valence-corrected chi connectivity index (χ2v) is 6.34. The Morgan fingerprint density at radius 2 is 2.19 bits per heavy atom. The van der Waals surface area contributed by atoms with E-state index in [2.05, 4.69) is 20.5 Å². The van der Waals surface area contributed by atoms with Gasteiger partial charge in [-0.25, -0.2) is 4.68 Å². The van der Waals surface area contributed by atoms with Crippen LogP contribution in [0.3, 0.4) is 0 Å². The maximum atomic E-state index is 12.4. The lowest BCUT2D eigenvalue weighted by Gasteiger charge is -2.16. The third kappa shape index (κ3) is 3.81. The number of carbonyl (C=O) groups is 1. The molecule has 0 bridgehead atoms. The molecule has 0 radical (unpaired) electrons. The summed E-state index contributed by atoms with van der Waals surface area (Å²) in [4.78, 5) is 18.4. The van der Waals surface area contributed by atoms with Crippen molar-refractivity contribution in [1.82, 2.24) is 30.0 Å². The minimum absolute atomic E-state index is 0.0289. The van der Waals surface area contributed by atoms with Crippen LogP contribution in [0.25, 0.3) is 11.6 Å². The van der Waals surface area contributed by atoms with Gasteiger partial charge in [-0.15, -0.1) is 5.10 Å². The molecule has 27 heavy (non-hydrogen) atoms. The van der Waals surface area contributed by atoms with Gasteiger partial charge in [0, 0.05) is 19.5 Å². The number of aromatic nitrogens is 5. The Kier molecular flexibility index (Phi) is 4.82. The monoisotopic (exact) mass is 368 g/mol. The normalized spacial score (nSPS) is 16.6. The molecule has 3 aromatic rings. The lowest BCUT2D eigenvalue weighted by molar-refractivity contribution is -0.132. The van der Waals surface area contributed by atoms with E-state index < -0.39 is 0 Å². The van der Waals surface area contributed by atoms with Crippen molar-refractivity contribution in [3.8, 4) is 17.3 Å². The van der Waals surface area contributed by atoms with Crippen molar-refractivity contribution < 1.29 is 14.1 Å². The molecule has 1 saturated heterocycles. The van der Waals surface area contributed by atoms with Crippen molar-refractivity contribution in [1.29, 1.82) is 0 Å². The zero-order valence-electron chi connectivity index (χ0n) is 15.0. The molecular weight excluding hydrogens is 348 g/mol. The highest BCUT2D eigenvalue weighted by Gasteiger charge is 2.29. The summed E-state index contributed by atoms with van der Waals surface area (Å²) >= 11 is 0. The van der Waals surface area contributed by atoms with Gasteiger partial charge < -0.3 is 14.2 Å². The van der Waals surface area contributed by atoms with Crippen LogP contribution in [-0.4, -0.2) is 55.6 Å². The molecule has 1 atom stereocenters. The topological polar surface area (TPSA) is 99.2 Å². The maximum absolute atomic E-state index is 12.4. The molecule has 140 valence electrons. The van der Waals surface area contributed by atoms with Gasteiger partial charge >= 0.3 is 0 Å². The van der Waals surface area contributed by atoms with E-state index in [1.165, 1.54) is 0 Å². The molecule has 3 heterocycles. The molecule has 0 saturated carbocycles. The molecule has 0 spiro atoms. The average molecular weight is 368 g/mol. The smallest absolute Gasteiger partial charge is 0.280 e. The first-order valence-corrected chi connectivity index (χ1v) is 8.93. The van der Waals surface area contributed by atoms with Crippen molar-refractivity contribution in [2.75, 3.05) is 19.7 Å². The van der Waals surface area contributed by atoms with Crippen LogP contribution in [0.15, 0.2) is 41.1 Å². The van der Waals surface area contributed by atoms with Gasteiger partial charge in [-0.1, -0.05) is 35.5 Å². The molecule has 1 unspecified atom stereocenters. The fourth-order valence-electron chi connectivity index (χ4n) is 2.99. The number of hydrogen-bond acceptors (Lipinski definition) is 7. The van der Waals surface area contributed by atoms with E-state index in [9.17, 15) is 4.79 Å². The Hall–Kier alpha value is -3.23. The number of rotatable bonds is 6. The molecule has 1 amide bonds. The van der Waals surface area contributed by atoms with Crippen LogP contribution < -0.4 is 4.74 Å². The summed E-state index contributed by atoms with van der Waals surface area (Å²) in [7, 11) is 0. The van der Waals surface area contributed by atoms with E-state index in [1.54, 1.807) is 15.8 Å². The molecule has 2 aromatic heterocycles. The highest BCUT2D eigenvalue weighted by molar-refractivity contribution is 5.78. The van der Waals surface area contributed by atoms with Crippen molar-refractivity contribution in [3.05, 3.63) is 42.4 Å². The molecule has 9 nitrogen and oxygen atoms in total. The number of aryl methyl sites for hydroxylation is 1. The zero-order valence-corrected chi connectivity index (χ0v) is 15.0. The van der Waals surface area contributed by atoms with Gasteiger partial charge in [0.05, 0.1) is 12.2 Å². The molecular formula is C18H20N6O3. The predicted molar refractivity (Wildman–Crippen MR) is 94.9 cm³/mol. The summed E-state index contributed by atoms with van der Waals surface area (Å²) < 4.78 is 12.5. The summed E-state index contributed by atoms with van der Waals surface area (Å²) in [5.74, 6) is 1.65. The summed E-state index contributed by atoms with van der Waals surface area (Å²) in [6.45, 7) is 3.22. The van der Waals surface area contributed by atoms with Crippen molar-refractivity contribution >= 4 is 5.91 Å². The van der Waals surface area contributed by atoms with E-state index >= 15 is 0 Å². The van der Waals surface area contributed by atoms with Crippen LogP contribution >= 0.6 is 0 Å². The first-order valence-electron chi connectivity index (χ1n) is 8.93. The van der Waals surface area contributed by atoms with Crippen LogP contribution in [0.1, 0.15) is 25.2 Å². The number of amides is 1. The predicted octanol–water partition coefficient (Wildman–Crippen LogP) is 1.74. The Bertz CT molecular complexity index is 907. The van der Waals surface area contributed by atoms with Gasteiger partial charge in [0.1, 0.15) is 5.75 Å². The van der Waals surface area contributed by atoms with E-state index in [0.717, 1.165) is 6.42 Å². The van der Waals surface area contributed by atoms with Crippen molar-refractivity contribution in [2.45, 2.75) is 25.8 Å². The first-order chi connectivity index (χ1) is 13.2.